The van der Waals surface area contributed by atoms with Crippen molar-refractivity contribution in [3.05, 3.63) is 41.5 Å². The van der Waals surface area contributed by atoms with E-state index in [4.69, 9.17) is 9.47 Å². The average Bonchev–Trinajstić information content (AvgIpc) is 2.44. The quantitative estimate of drug-likeness (QED) is 0.885. The summed E-state index contributed by atoms with van der Waals surface area (Å²) in [6.45, 7) is 4.61. The summed E-state index contributed by atoms with van der Waals surface area (Å²) < 4.78 is 24.5. The van der Waals surface area contributed by atoms with Crippen molar-refractivity contribution in [3.8, 4) is 11.6 Å². The van der Waals surface area contributed by atoms with E-state index in [-0.39, 0.29) is 18.2 Å². The van der Waals surface area contributed by atoms with Crippen LogP contribution in [0.1, 0.15) is 18.3 Å². The summed E-state index contributed by atoms with van der Waals surface area (Å²) in [5.41, 5.74) is 0.519. The molecule has 0 spiro atoms. The van der Waals surface area contributed by atoms with Crippen molar-refractivity contribution in [3.63, 3.8) is 0 Å². The highest BCUT2D eigenvalue weighted by Gasteiger charge is 2.10. The fourth-order valence-electron chi connectivity index (χ4n) is 1.80. The predicted molar refractivity (Wildman–Crippen MR) is 78.1 cm³/mol. The van der Waals surface area contributed by atoms with Crippen LogP contribution in [0, 0.1) is 12.7 Å². The van der Waals surface area contributed by atoms with E-state index in [1.165, 1.54) is 0 Å². The van der Waals surface area contributed by atoms with Crippen molar-refractivity contribution < 1.29 is 13.9 Å². The standard InChI is InChI=1S/C15H18FN3O2/c1-4-17-12-8-14(19-13(18-12)9-20-3)21-11-7-5-6-10(2)15(11)16/h5-8H,4,9H2,1-3H3,(H,17,18,19). The molecule has 1 aromatic carbocycles. The lowest BCUT2D eigenvalue weighted by Crippen LogP contribution is -2.05. The molecule has 0 atom stereocenters. The SMILES string of the molecule is CCNc1cc(Oc2cccc(C)c2F)nc(COC)n1. The summed E-state index contributed by atoms with van der Waals surface area (Å²) in [6, 6.07) is 6.61. The number of halogens is 1. The first-order valence-electron chi connectivity index (χ1n) is 6.67. The van der Waals surface area contributed by atoms with Crippen LogP contribution >= 0.6 is 0 Å². The topological polar surface area (TPSA) is 56.3 Å². The molecule has 0 amide bonds. The van der Waals surface area contributed by atoms with Crippen LogP contribution in [0.2, 0.25) is 0 Å². The molecule has 112 valence electrons. The van der Waals surface area contributed by atoms with Gasteiger partial charge in [-0.3, -0.25) is 0 Å². The summed E-state index contributed by atoms with van der Waals surface area (Å²) in [4.78, 5) is 8.48. The molecular weight excluding hydrogens is 273 g/mol. The van der Waals surface area contributed by atoms with E-state index in [2.05, 4.69) is 15.3 Å². The summed E-state index contributed by atoms with van der Waals surface area (Å²) in [5.74, 6) is 1.10. The van der Waals surface area contributed by atoms with E-state index in [0.29, 0.717) is 23.8 Å². The fraction of sp³-hybridized carbons (Fsp3) is 0.333. The molecule has 0 fully saturated rings. The number of hydrogen-bond acceptors (Lipinski definition) is 5. The third-order valence-corrected chi connectivity index (χ3v) is 2.75. The second-order valence-electron chi connectivity index (χ2n) is 4.46. The van der Waals surface area contributed by atoms with Gasteiger partial charge in [0.15, 0.2) is 17.4 Å². The second kappa shape index (κ2) is 6.99. The highest BCUT2D eigenvalue weighted by molar-refractivity contribution is 5.40. The molecule has 1 heterocycles. The Morgan fingerprint density at radius 2 is 2.10 bits per heavy atom. The maximum atomic E-state index is 14.0. The van der Waals surface area contributed by atoms with Crippen molar-refractivity contribution in [2.75, 3.05) is 19.0 Å². The minimum atomic E-state index is -0.394. The molecule has 2 aromatic rings. The van der Waals surface area contributed by atoms with Gasteiger partial charge in [0.05, 0.1) is 0 Å². The zero-order valence-electron chi connectivity index (χ0n) is 12.3. The first-order chi connectivity index (χ1) is 10.1. The first kappa shape index (κ1) is 15.2. The molecule has 5 nitrogen and oxygen atoms in total. The Morgan fingerprint density at radius 1 is 1.29 bits per heavy atom. The molecule has 0 saturated heterocycles. The van der Waals surface area contributed by atoms with Gasteiger partial charge in [0.1, 0.15) is 12.4 Å². The zero-order valence-corrected chi connectivity index (χ0v) is 12.3. The van der Waals surface area contributed by atoms with Gasteiger partial charge in [-0.05, 0) is 25.5 Å². The number of aromatic nitrogens is 2. The first-order valence-corrected chi connectivity index (χ1v) is 6.67. The Bertz CT molecular complexity index is 596. The van der Waals surface area contributed by atoms with Crippen molar-refractivity contribution in [2.24, 2.45) is 0 Å². The van der Waals surface area contributed by atoms with E-state index in [0.717, 1.165) is 0 Å². The minimum absolute atomic E-state index is 0.138. The molecule has 2 rings (SSSR count). The minimum Gasteiger partial charge on any atom is -0.436 e. The number of rotatable bonds is 6. The molecule has 1 N–H and O–H groups in total. The van der Waals surface area contributed by atoms with E-state index in [1.54, 1.807) is 38.3 Å². The number of aryl methyl sites for hydroxylation is 1. The Kier molecular flexibility index (Phi) is 5.05. The third-order valence-electron chi connectivity index (χ3n) is 2.75. The Balaban J connectivity index is 2.31. The molecule has 0 saturated carbocycles. The molecule has 0 unspecified atom stereocenters. The molecule has 0 aliphatic heterocycles. The van der Waals surface area contributed by atoms with Gasteiger partial charge in [-0.1, -0.05) is 12.1 Å². The summed E-state index contributed by atoms with van der Waals surface area (Å²) in [5, 5.41) is 3.08. The highest BCUT2D eigenvalue weighted by atomic mass is 19.1. The number of anilines is 1. The van der Waals surface area contributed by atoms with Gasteiger partial charge in [-0.15, -0.1) is 0 Å². The summed E-state index contributed by atoms with van der Waals surface area (Å²) in [7, 11) is 1.56. The monoisotopic (exact) mass is 291 g/mol. The van der Waals surface area contributed by atoms with Gasteiger partial charge in [-0.2, -0.15) is 4.98 Å². The van der Waals surface area contributed by atoms with Crippen molar-refractivity contribution >= 4 is 5.82 Å². The number of methoxy groups -OCH3 is 1. The largest absolute Gasteiger partial charge is 0.436 e. The highest BCUT2D eigenvalue weighted by Crippen LogP contribution is 2.26. The van der Waals surface area contributed by atoms with Crippen LogP contribution in [0.5, 0.6) is 11.6 Å². The van der Waals surface area contributed by atoms with Gasteiger partial charge in [0.25, 0.3) is 0 Å². The Hall–Kier alpha value is -2.21. The maximum absolute atomic E-state index is 14.0. The lowest BCUT2D eigenvalue weighted by molar-refractivity contribution is 0.177. The second-order valence-corrected chi connectivity index (χ2v) is 4.46. The zero-order chi connectivity index (χ0) is 15.2. The molecular formula is C15H18FN3O2. The Labute approximate surface area is 123 Å². The average molecular weight is 291 g/mol. The normalized spacial score (nSPS) is 10.5. The van der Waals surface area contributed by atoms with Gasteiger partial charge in [0, 0.05) is 19.7 Å². The van der Waals surface area contributed by atoms with Gasteiger partial charge in [0.2, 0.25) is 5.88 Å². The van der Waals surface area contributed by atoms with Crippen LogP contribution in [0.15, 0.2) is 24.3 Å². The van der Waals surface area contributed by atoms with Gasteiger partial charge in [-0.25, -0.2) is 9.37 Å². The molecule has 0 aliphatic rings. The van der Waals surface area contributed by atoms with Crippen LogP contribution in [0.3, 0.4) is 0 Å². The van der Waals surface area contributed by atoms with E-state index >= 15 is 0 Å². The third kappa shape index (κ3) is 3.88. The van der Waals surface area contributed by atoms with Crippen LogP contribution in [-0.4, -0.2) is 23.6 Å². The van der Waals surface area contributed by atoms with Crippen LogP contribution < -0.4 is 10.1 Å². The molecule has 0 aliphatic carbocycles. The van der Waals surface area contributed by atoms with Gasteiger partial charge >= 0.3 is 0 Å². The smallest absolute Gasteiger partial charge is 0.224 e. The fourth-order valence-corrected chi connectivity index (χ4v) is 1.80. The molecule has 21 heavy (non-hydrogen) atoms. The van der Waals surface area contributed by atoms with Crippen molar-refractivity contribution in [2.45, 2.75) is 20.5 Å². The van der Waals surface area contributed by atoms with E-state index in [1.807, 2.05) is 6.92 Å². The summed E-state index contributed by atoms with van der Waals surface area (Å²) >= 11 is 0. The van der Waals surface area contributed by atoms with Crippen molar-refractivity contribution in [1.82, 2.24) is 9.97 Å². The number of nitrogens with one attached hydrogen (secondary N) is 1. The number of nitrogens with zero attached hydrogens (tertiary/aromatic N) is 2. The molecule has 6 heteroatoms. The van der Waals surface area contributed by atoms with Crippen LogP contribution in [0.25, 0.3) is 0 Å². The maximum Gasteiger partial charge on any atom is 0.224 e. The van der Waals surface area contributed by atoms with E-state index in [9.17, 15) is 4.39 Å². The summed E-state index contributed by atoms with van der Waals surface area (Å²) in [6.07, 6.45) is 0. The molecule has 0 bridgehead atoms. The Morgan fingerprint density at radius 3 is 2.81 bits per heavy atom. The van der Waals surface area contributed by atoms with Crippen LogP contribution in [-0.2, 0) is 11.3 Å². The lowest BCUT2D eigenvalue weighted by atomic mass is 10.2. The molecule has 0 radical (unpaired) electrons. The van der Waals surface area contributed by atoms with Gasteiger partial charge < -0.3 is 14.8 Å². The van der Waals surface area contributed by atoms with E-state index < -0.39 is 5.82 Å². The number of hydrogen-bond donors (Lipinski definition) is 1. The van der Waals surface area contributed by atoms with Crippen LogP contribution in [0.4, 0.5) is 10.2 Å². The molecule has 1 aromatic heterocycles. The van der Waals surface area contributed by atoms with Crippen molar-refractivity contribution in [1.29, 1.82) is 0 Å². The predicted octanol–water partition coefficient (Wildman–Crippen LogP) is 3.29. The number of benzene rings is 1. The lowest BCUT2D eigenvalue weighted by Gasteiger charge is -2.10. The number of ether oxygens (including phenoxy) is 2.